The number of rotatable bonds is 6. The molecule has 0 saturated carbocycles. The van der Waals surface area contributed by atoms with Crippen LogP contribution in [0.3, 0.4) is 0 Å². The van der Waals surface area contributed by atoms with E-state index in [2.05, 4.69) is 20.9 Å². The molecule has 0 saturated heterocycles. The molecule has 0 fully saturated rings. The molecule has 4 rings (SSSR count). The molecule has 1 aliphatic rings. The van der Waals surface area contributed by atoms with Crippen molar-refractivity contribution in [2.45, 2.75) is 33.7 Å². The normalized spacial score (nSPS) is 15.6. The maximum Gasteiger partial charge on any atom is 0.338 e. The van der Waals surface area contributed by atoms with Gasteiger partial charge in [0.25, 0.3) is 5.56 Å². The number of benzene rings is 2. The van der Waals surface area contributed by atoms with Crippen molar-refractivity contribution < 1.29 is 19.4 Å². The number of allylic oxidation sites excluding steroid dienone is 1. The van der Waals surface area contributed by atoms with Gasteiger partial charge in [0.15, 0.2) is 16.3 Å². The maximum absolute atomic E-state index is 13.7. The van der Waals surface area contributed by atoms with Crippen LogP contribution in [0.5, 0.6) is 11.5 Å². The van der Waals surface area contributed by atoms with Crippen LogP contribution in [0.2, 0.25) is 0 Å². The van der Waals surface area contributed by atoms with Gasteiger partial charge in [-0.05, 0) is 73.0 Å². The molecule has 182 valence electrons. The van der Waals surface area contributed by atoms with Crippen LogP contribution in [0.4, 0.5) is 0 Å². The van der Waals surface area contributed by atoms with Gasteiger partial charge < -0.3 is 14.6 Å². The van der Waals surface area contributed by atoms with Gasteiger partial charge in [-0.2, -0.15) is 0 Å². The number of nitrogens with zero attached hydrogens (tertiary/aromatic N) is 2. The number of fused-ring (bicyclic) bond motifs is 1. The van der Waals surface area contributed by atoms with Crippen LogP contribution >= 0.6 is 27.3 Å². The number of aromatic hydroxyl groups is 1. The third-order valence-corrected chi connectivity index (χ3v) is 7.15. The van der Waals surface area contributed by atoms with Crippen LogP contribution in [0.25, 0.3) is 6.08 Å². The van der Waals surface area contributed by atoms with Gasteiger partial charge >= 0.3 is 5.97 Å². The fourth-order valence-corrected chi connectivity index (χ4v) is 5.46. The number of phenolic OH excluding ortho intramolecular Hbond substituents is 1. The van der Waals surface area contributed by atoms with Gasteiger partial charge in [0.1, 0.15) is 0 Å². The zero-order chi connectivity index (χ0) is 25.3. The minimum absolute atomic E-state index is 0.000431. The van der Waals surface area contributed by atoms with Crippen LogP contribution < -0.4 is 19.6 Å². The van der Waals surface area contributed by atoms with E-state index in [1.165, 1.54) is 11.3 Å². The molecule has 3 aromatic rings. The molecule has 9 heteroatoms. The van der Waals surface area contributed by atoms with Crippen molar-refractivity contribution in [3.8, 4) is 11.5 Å². The summed E-state index contributed by atoms with van der Waals surface area (Å²) in [7, 11) is 0. The number of phenols is 1. The van der Waals surface area contributed by atoms with Crippen molar-refractivity contribution in [1.82, 2.24) is 4.57 Å². The first-order valence-electron chi connectivity index (χ1n) is 11.2. The summed E-state index contributed by atoms with van der Waals surface area (Å²) in [6.45, 7) is 7.92. The molecular weight excluding hydrogens is 532 g/mol. The number of ether oxygens (including phenoxy) is 2. The lowest BCUT2D eigenvalue weighted by Gasteiger charge is -2.24. The molecule has 2 aromatic carbocycles. The fraction of sp³-hybridized carbons (Fsp3) is 0.269. The van der Waals surface area contributed by atoms with Crippen molar-refractivity contribution in [3.05, 3.63) is 88.5 Å². The number of carbonyl (C=O) groups excluding carboxylic acids is 1. The van der Waals surface area contributed by atoms with Crippen molar-refractivity contribution in [1.29, 1.82) is 0 Å². The number of aryl methyl sites for hydroxylation is 1. The first-order valence-corrected chi connectivity index (χ1v) is 12.8. The molecule has 0 aliphatic carbocycles. The van der Waals surface area contributed by atoms with E-state index in [1.54, 1.807) is 36.6 Å². The fourth-order valence-electron chi connectivity index (χ4n) is 3.95. The lowest BCUT2D eigenvalue weighted by Crippen LogP contribution is -2.39. The van der Waals surface area contributed by atoms with Gasteiger partial charge in [-0.1, -0.05) is 41.2 Å². The molecule has 7 nitrogen and oxygen atoms in total. The molecule has 0 unspecified atom stereocenters. The quantitative estimate of drug-likeness (QED) is 0.464. The standard InChI is InChI=1S/C26H25BrN2O5S/c1-5-33-19-12-16(11-18(27)23(19)30)13-20-24(31)29-22(17-9-7-14(3)8-10-17)21(25(32)34-6-2)15(4)28-26(29)35-20/h7-13,22,30H,5-6H2,1-4H3/t22-/m0/s1. The highest BCUT2D eigenvalue weighted by Crippen LogP contribution is 2.36. The van der Waals surface area contributed by atoms with Crippen molar-refractivity contribution in [2.75, 3.05) is 13.2 Å². The van der Waals surface area contributed by atoms with Crippen molar-refractivity contribution in [2.24, 2.45) is 4.99 Å². The molecule has 1 aliphatic heterocycles. The summed E-state index contributed by atoms with van der Waals surface area (Å²) in [5.41, 5.74) is 3.15. The van der Waals surface area contributed by atoms with Crippen LogP contribution in [0, 0.1) is 6.92 Å². The summed E-state index contributed by atoms with van der Waals surface area (Å²) in [6, 6.07) is 10.5. The molecule has 0 amide bonds. The maximum atomic E-state index is 13.7. The van der Waals surface area contributed by atoms with Crippen LogP contribution in [0.1, 0.15) is 43.5 Å². The summed E-state index contributed by atoms with van der Waals surface area (Å²) < 4.78 is 13.3. The van der Waals surface area contributed by atoms with E-state index in [0.29, 0.717) is 43.0 Å². The average molecular weight is 557 g/mol. The number of thiazole rings is 1. The first kappa shape index (κ1) is 24.9. The van der Waals surface area contributed by atoms with E-state index in [1.807, 2.05) is 38.1 Å². The van der Waals surface area contributed by atoms with Crippen LogP contribution in [-0.4, -0.2) is 28.9 Å². The zero-order valence-corrected chi connectivity index (χ0v) is 22.2. The van der Waals surface area contributed by atoms with Crippen molar-refractivity contribution in [3.63, 3.8) is 0 Å². The van der Waals surface area contributed by atoms with Gasteiger partial charge in [-0.25, -0.2) is 9.79 Å². The monoisotopic (exact) mass is 556 g/mol. The molecule has 1 N–H and O–H groups in total. The molecule has 35 heavy (non-hydrogen) atoms. The molecule has 1 aromatic heterocycles. The zero-order valence-electron chi connectivity index (χ0n) is 19.8. The minimum Gasteiger partial charge on any atom is -0.503 e. The summed E-state index contributed by atoms with van der Waals surface area (Å²) in [4.78, 5) is 31.7. The number of carbonyl (C=O) groups is 1. The van der Waals surface area contributed by atoms with E-state index >= 15 is 0 Å². The molecular formula is C26H25BrN2O5S. The Morgan fingerprint density at radius 1 is 1.20 bits per heavy atom. The summed E-state index contributed by atoms with van der Waals surface area (Å²) in [5.74, 6) is -0.171. The van der Waals surface area contributed by atoms with E-state index in [0.717, 1.165) is 11.1 Å². The van der Waals surface area contributed by atoms with E-state index < -0.39 is 12.0 Å². The van der Waals surface area contributed by atoms with E-state index in [9.17, 15) is 14.7 Å². The van der Waals surface area contributed by atoms with Crippen LogP contribution in [-0.2, 0) is 9.53 Å². The highest BCUT2D eigenvalue weighted by atomic mass is 79.9. The number of aromatic nitrogens is 1. The Balaban J connectivity index is 1.93. The summed E-state index contributed by atoms with van der Waals surface area (Å²) in [5, 5.41) is 10.2. The minimum atomic E-state index is -0.654. The molecule has 1 atom stereocenters. The highest BCUT2D eigenvalue weighted by Gasteiger charge is 2.33. The smallest absolute Gasteiger partial charge is 0.338 e. The second-order valence-corrected chi connectivity index (χ2v) is 9.86. The molecule has 0 spiro atoms. The third kappa shape index (κ3) is 4.83. The SMILES string of the molecule is CCOC(=O)C1=C(C)N=c2sc(=Cc3cc(Br)c(O)c(OCC)c3)c(=O)n2[C@H]1c1ccc(C)cc1. The second-order valence-electron chi connectivity index (χ2n) is 8.00. The van der Waals surface area contributed by atoms with Gasteiger partial charge in [0, 0.05) is 0 Å². The Bertz CT molecular complexity index is 1500. The van der Waals surface area contributed by atoms with Gasteiger partial charge in [0.2, 0.25) is 0 Å². The number of hydrogen-bond donors (Lipinski definition) is 1. The predicted molar refractivity (Wildman–Crippen MR) is 139 cm³/mol. The second kappa shape index (κ2) is 10.2. The lowest BCUT2D eigenvalue weighted by molar-refractivity contribution is -0.139. The first-order chi connectivity index (χ1) is 16.7. The highest BCUT2D eigenvalue weighted by molar-refractivity contribution is 9.10. The largest absolute Gasteiger partial charge is 0.503 e. The van der Waals surface area contributed by atoms with Gasteiger partial charge in [0.05, 0.1) is 39.5 Å². The predicted octanol–water partition coefficient (Wildman–Crippen LogP) is 3.97. The Morgan fingerprint density at radius 3 is 2.57 bits per heavy atom. The number of esters is 1. The Kier molecular flexibility index (Phi) is 7.28. The topological polar surface area (TPSA) is 90.1 Å². The van der Waals surface area contributed by atoms with E-state index in [4.69, 9.17) is 9.47 Å². The van der Waals surface area contributed by atoms with Gasteiger partial charge in [-0.15, -0.1) is 0 Å². The van der Waals surface area contributed by atoms with Crippen molar-refractivity contribution >= 4 is 39.3 Å². The Morgan fingerprint density at radius 2 is 1.91 bits per heavy atom. The molecule has 0 radical (unpaired) electrons. The average Bonchev–Trinajstić information content (AvgIpc) is 3.11. The van der Waals surface area contributed by atoms with E-state index in [-0.39, 0.29) is 17.9 Å². The third-order valence-electron chi connectivity index (χ3n) is 5.56. The Hall–Kier alpha value is -3.17. The number of halogens is 1. The van der Waals surface area contributed by atoms with Gasteiger partial charge in [-0.3, -0.25) is 9.36 Å². The number of hydrogen-bond acceptors (Lipinski definition) is 7. The summed E-state index contributed by atoms with van der Waals surface area (Å²) in [6.07, 6.45) is 1.73. The van der Waals surface area contributed by atoms with Crippen LogP contribution in [0.15, 0.2) is 61.9 Å². The Labute approximate surface area is 214 Å². The lowest BCUT2D eigenvalue weighted by atomic mass is 9.95. The molecule has 2 heterocycles. The molecule has 0 bridgehead atoms. The summed E-state index contributed by atoms with van der Waals surface area (Å²) >= 11 is 4.58.